The summed E-state index contributed by atoms with van der Waals surface area (Å²) in [6.07, 6.45) is 7.69. The summed E-state index contributed by atoms with van der Waals surface area (Å²) in [5.74, 6) is 1.82. The fraction of sp³-hybridized carbons (Fsp3) is 0.500. The number of fused-ring (bicyclic) bond motifs is 1. The first kappa shape index (κ1) is 25.9. The zero-order valence-electron chi connectivity index (χ0n) is 20.1. The number of nitrogens with one attached hydrogen (secondary N) is 2. The maximum atomic E-state index is 12.5. The molecule has 0 atom stereocenters. The van der Waals surface area contributed by atoms with Crippen molar-refractivity contribution < 1.29 is 9.53 Å². The molecule has 6 heteroatoms. The van der Waals surface area contributed by atoms with Crippen LogP contribution in [0, 0.1) is 0 Å². The van der Waals surface area contributed by atoms with Crippen LogP contribution >= 0.6 is 11.9 Å². The monoisotopic (exact) mass is 457 g/mol. The first-order valence-electron chi connectivity index (χ1n) is 11.9. The highest BCUT2D eigenvalue weighted by atomic mass is 32.2. The quantitative estimate of drug-likeness (QED) is 0.464. The number of hydrogen-bond acceptors (Lipinski definition) is 5. The summed E-state index contributed by atoms with van der Waals surface area (Å²) >= 11 is 1.88. The normalized spacial score (nSPS) is 14.3. The maximum absolute atomic E-state index is 12.5. The van der Waals surface area contributed by atoms with E-state index >= 15 is 0 Å². The molecule has 0 radical (unpaired) electrons. The maximum Gasteiger partial charge on any atom is 0.255 e. The summed E-state index contributed by atoms with van der Waals surface area (Å²) in [4.78, 5) is 12.5. The minimum absolute atomic E-state index is 0.110. The number of amides is 1. The number of nitrogens with zero attached hydrogens (tertiary/aromatic N) is 1. The van der Waals surface area contributed by atoms with Crippen molar-refractivity contribution in [1.82, 2.24) is 0 Å². The van der Waals surface area contributed by atoms with Gasteiger partial charge in [0.05, 0.1) is 5.69 Å². The lowest BCUT2D eigenvalue weighted by Crippen LogP contribution is -2.15. The number of carbonyl (C=O) groups is 1. The van der Waals surface area contributed by atoms with E-state index in [2.05, 4.69) is 42.6 Å². The van der Waals surface area contributed by atoms with Crippen molar-refractivity contribution >= 4 is 34.9 Å². The second-order valence-corrected chi connectivity index (χ2v) is 8.99. The van der Waals surface area contributed by atoms with Crippen molar-refractivity contribution in [2.75, 3.05) is 34.0 Å². The fourth-order valence-electron chi connectivity index (χ4n) is 3.02. The Bertz CT molecular complexity index is 801. The molecule has 2 aromatic rings. The molecule has 0 aromatic heterocycles. The van der Waals surface area contributed by atoms with E-state index < -0.39 is 0 Å². The summed E-state index contributed by atoms with van der Waals surface area (Å²) in [5.41, 5.74) is 3.51. The summed E-state index contributed by atoms with van der Waals surface area (Å²) in [6.45, 7) is 10.2. The molecule has 1 fully saturated rings. The Balaban J connectivity index is 0.000000459. The van der Waals surface area contributed by atoms with Crippen molar-refractivity contribution in [2.45, 2.75) is 66.2 Å². The third kappa shape index (κ3) is 8.30. The molecule has 1 saturated heterocycles. The van der Waals surface area contributed by atoms with E-state index in [1.54, 1.807) is 0 Å². The Morgan fingerprint density at radius 2 is 1.75 bits per heavy atom. The molecule has 2 aromatic carbocycles. The van der Waals surface area contributed by atoms with E-state index in [1.807, 2.05) is 54.4 Å². The number of unbranched alkanes of at least 4 members (excludes halogenated alkanes) is 1. The van der Waals surface area contributed by atoms with Gasteiger partial charge in [-0.2, -0.15) is 0 Å². The molecular weight excluding hydrogens is 418 g/mol. The standard InChI is InChI=1S/C19H21N3O2S.C4H10.C3H8/c23-19(21-15-6-9-17-18(12-15)24-13-20-17)14-4-7-16(8-5-14)22-10-2-1-3-11-25-22;1-3-4-2;1-3-2/h4-9,12,20H,1-3,10-11,13H2,(H,21,23);3-4H2,1-2H3;3H2,1-2H3. The molecule has 0 aliphatic carbocycles. The van der Waals surface area contributed by atoms with Crippen LogP contribution in [0.1, 0.15) is 76.6 Å². The molecule has 2 aliphatic heterocycles. The number of rotatable bonds is 4. The van der Waals surface area contributed by atoms with Crippen LogP contribution in [0.15, 0.2) is 42.5 Å². The Morgan fingerprint density at radius 3 is 2.44 bits per heavy atom. The zero-order chi connectivity index (χ0) is 23.2. The van der Waals surface area contributed by atoms with Gasteiger partial charge in [-0.1, -0.05) is 53.4 Å². The number of benzene rings is 2. The van der Waals surface area contributed by atoms with E-state index in [4.69, 9.17) is 4.74 Å². The first-order chi connectivity index (χ1) is 15.6. The van der Waals surface area contributed by atoms with Crippen molar-refractivity contribution in [3.8, 4) is 5.75 Å². The Labute approximate surface area is 198 Å². The molecule has 0 bridgehead atoms. The minimum atomic E-state index is -0.110. The number of carbonyl (C=O) groups excluding carboxylic acids is 1. The third-order valence-corrected chi connectivity index (χ3v) is 6.08. The Morgan fingerprint density at radius 1 is 1.03 bits per heavy atom. The number of hydrogen-bond donors (Lipinski definition) is 2. The number of ether oxygens (including phenoxy) is 1. The molecule has 0 unspecified atom stereocenters. The first-order valence-corrected chi connectivity index (χ1v) is 12.9. The third-order valence-electron chi connectivity index (χ3n) is 4.90. The van der Waals surface area contributed by atoms with Crippen LogP contribution in [0.5, 0.6) is 5.75 Å². The van der Waals surface area contributed by atoms with Crippen LogP contribution < -0.4 is 19.7 Å². The van der Waals surface area contributed by atoms with Crippen LogP contribution in [-0.2, 0) is 0 Å². The molecule has 1 amide bonds. The largest absolute Gasteiger partial charge is 0.471 e. The van der Waals surface area contributed by atoms with Crippen molar-refractivity contribution in [3.63, 3.8) is 0 Å². The van der Waals surface area contributed by atoms with Gasteiger partial charge in [-0.05, 0) is 61.2 Å². The summed E-state index contributed by atoms with van der Waals surface area (Å²) in [5, 5.41) is 6.04. The summed E-state index contributed by atoms with van der Waals surface area (Å²) in [6, 6.07) is 13.5. The van der Waals surface area contributed by atoms with Crippen LogP contribution in [0.25, 0.3) is 0 Å². The van der Waals surface area contributed by atoms with Gasteiger partial charge in [0.15, 0.2) is 6.73 Å². The topological polar surface area (TPSA) is 53.6 Å². The molecule has 4 rings (SSSR count). The van der Waals surface area contributed by atoms with E-state index in [0.29, 0.717) is 12.3 Å². The highest BCUT2D eigenvalue weighted by Gasteiger charge is 2.14. The molecule has 5 nitrogen and oxygen atoms in total. The van der Waals surface area contributed by atoms with Gasteiger partial charge in [0, 0.05) is 35.3 Å². The van der Waals surface area contributed by atoms with Gasteiger partial charge in [0.25, 0.3) is 5.91 Å². The Hall–Kier alpha value is -2.34. The summed E-state index contributed by atoms with van der Waals surface area (Å²) < 4.78 is 7.78. The molecule has 0 saturated carbocycles. The SMILES string of the molecule is CCC.CCCC.O=C(Nc1ccc2c(c1)OCN2)c1ccc(N2CCCCCS2)cc1. The molecule has 2 N–H and O–H groups in total. The van der Waals surface area contributed by atoms with Crippen LogP contribution in [0.4, 0.5) is 17.1 Å². The molecule has 32 heavy (non-hydrogen) atoms. The predicted molar refractivity (Wildman–Crippen MR) is 140 cm³/mol. The molecular formula is C26H39N3O2S. The second kappa shape index (κ2) is 14.7. The average molecular weight is 458 g/mol. The summed E-state index contributed by atoms with van der Waals surface area (Å²) in [7, 11) is 0. The lowest BCUT2D eigenvalue weighted by atomic mass is 10.1. The van der Waals surface area contributed by atoms with Crippen LogP contribution in [0.2, 0.25) is 0 Å². The molecule has 176 valence electrons. The van der Waals surface area contributed by atoms with E-state index in [-0.39, 0.29) is 5.91 Å². The van der Waals surface area contributed by atoms with E-state index in [1.165, 1.54) is 44.2 Å². The van der Waals surface area contributed by atoms with Gasteiger partial charge in [-0.3, -0.25) is 4.79 Å². The van der Waals surface area contributed by atoms with Crippen LogP contribution in [-0.4, -0.2) is 24.9 Å². The lowest BCUT2D eigenvalue weighted by molar-refractivity contribution is 0.102. The van der Waals surface area contributed by atoms with E-state index in [0.717, 1.165) is 29.4 Å². The second-order valence-electron chi connectivity index (χ2n) is 7.88. The Kier molecular flexibility index (Phi) is 11.9. The van der Waals surface area contributed by atoms with Crippen molar-refractivity contribution in [1.29, 1.82) is 0 Å². The highest BCUT2D eigenvalue weighted by molar-refractivity contribution is 8.00. The molecule has 2 heterocycles. The zero-order valence-corrected chi connectivity index (χ0v) is 20.9. The van der Waals surface area contributed by atoms with E-state index in [9.17, 15) is 4.79 Å². The van der Waals surface area contributed by atoms with Crippen LogP contribution in [0.3, 0.4) is 0 Å². The van der Waals surface area contributed by atoms with Gasteiger partial charge < -0.3 is 19.7 Å². The minimum Gasteiger partial charge on any atom is -0.471 e. The molecule has 0 spiro atoms. The van der Waals surface area contributed by atoms with Gasteiger partial charge >= 0.3 is 0 Å². The average Bonchev–Trinajstić information content (AvgIpc) is 3.11. The smallest absolute Gasteiger partial charge is 0.255 e. The van der Waals surface area contributed by atoms with Gasteiger partial charge in [0.2, 0.25) is 0 Å². The van der Waals surface area contributed by atoms with Crippen molar-refractivity contribution in [2.24, 2.45) is 0 Å². The van der Waals surface area contributed by atoms with Crippen molar-refractivity contribution in [3.05, 3.63) is 48.0 Å². The molecule has 2 aliphatic rings. The lowest BCUT2D eigenvalue weighted by Gasteiger charge is -2.21. The van der Waals surface area contributed by atoms with Gasteiger partial charge in [-0.25, -0.2) is 0 Å². The predicted octanol–water partition coefficient (Wildman–Crippen LogP) is 7.56. The van der Waals surface area contributed by atoms with Gasteiger partial charge in [0.1, 0.15) is 5.75 Å². The number of anilines is 3. The fourth-order valence-corrected chi connectivity index (χ4v) is 4.10. The van der Waals surface area contributed by atoms with Gasteiger partial charge in [-0.15, -0.1) is 0 Å². The highest BCUT2D eigenvalue weighted by Crippen LogP contribution is 2.32.